The second-order valence-corrected chi connectivity index (χ2v) is 16.6. The number of carbonyl (C=O) groups is 3. The van der Waals surface area contributed by atoms with Gasteiger partial charge in [-0.2, -0.15) is 0 Å². The second-order valence-electron chi connectivity index (χ2n) is 16.3. The molecule has 14 heteroatoms. The summed E-state index contributed by atoms with van der Waals surface area (Å²) in [5.41, 5.74) is 7.60. The lowest BCUT2D eigenvalue weighted by atomic mass is 9.80. The fraction of sp³-hybridized carbons (Fsp3) is 0.512. The maximum Gasteiger partial charge on any atom is 0.306 e. The Hall–Kier alpha value is -4.56. The molecule has 0 unspecified atom stereocenters. The molecule has 1 aliphatic carbocycles. The van der Waals surface area contributed by atoms with Gasteiger partial charge in [0.15, 0.2) is 11.6 Å². The number of amides is 2. The van der Waals surface area contributed by atoms with E-state index in [0.29, 0.717) is 46.6 Å². The second kappa shape index (κ2) is 16.7. The fourth-order valence-electron chi connectivity index (χ4n) is 9.41. The van der Waals surface area contributed by atoms with Crippen LogP contribution in [-0.4, -0.2) is 90.7 Å². The van der Waals surface area contributed by atoms with Crippen LogP contribution in [0, 0.1) is 18.8 Å². The van der Waals surface area contributed by atoms with Gasteiger partial charge in [0.25, 0.3) is 11.8 Å². The molecule has 5 heterocycles. The van der Waals surface area contributed by atoms with Gasteiger partial charge >= 0.3 is 5.97 Å². The third-order valence-electron chi connectivity index (χ3n) is 12.9. The first-order chi connectivity index (χ1) is 27.5. The van der Waals surface area contributed by atoms with Crippen molar-refractivity contribution in [2.75, 3.05) is 43.5 Å². The summed E-state index contributed by atoms with van der Waals surface area (Å²) in [4.78, 5) is 53.3. The summed E-state index contributed by atoms with van der Waals surface area (Å²) in [5.74, 6) is -0.171. The Bertz CT molecular complexity index is 2170. The lowest BCUT2D eigenvalue weighted by Crippen LogP contribution is -2.42. The predicted molar refractivity (Wildman–Crippen MR) is 219 cm³/mol. The number of ether oxygens (including phenoxy) is 1. The number of imidazole rings is 2. The summed E-state index contributed by atoms with van der Waals surface area (Å²) in [7, 11) is 3.81. The summed E-state index contributed by atoms with van der Waals surface area (Å²) in [6, 6.07) is 11.8. The molecule has 0 bridgehead atoms. The van der Waals surface area contributed by atoms with Gasteiger partial charge in [0, 0.05) is 95.0 Å². The van der Waals surface area contributed by atoms with E-state index in [1.54, 1.807) is 6.07 Å². The van der Waals surface area contributed by atoms with Crippen LogP contribution in [0.25, 0.3) is 11.1 Å². The summed E-state index contributed by atoms with van der Waals surface area (Å²) in [6.07, 6.45) is 8.24. The molecule has 0 spiro atoms. The van der Waals surface area contributed by atoms with Crippen LogP contribution >= 0.6 is 11.6 Å². The van der Waals surface area contributed by atoms with E-state index in [-0.39, 0.29) is 17.7 Å². The third kappa shape index (κ3) is 8.12. The van der Waals surface area contributed by atoms with Gasteiger partial charge in [-0.1, -0.05) is 35.9 Å². The minimum absolute atomic E-state index is 0.192. The molecule has 302 valence electrons. The van der Waals surface area contributed by atoms with Crippen molar-refractivity contribution in [3.63, 3.8) is 0 Å². The molecule has 2 amide bonds. The zero-order valence-electron chi connectivity index (χ0n) is 33.2. The lowest BCUT2D eigenvalue weighted by molar-refractivity contribution is -0.143. The Labute approximate surface area is 338 Å². The molecule has 2 fully saturated rings. The molecule has 2 aromatic carbocycles. The average Bonchev–Trinajstić information content (AvgIpc) is 3.74. The van der Waals surface area contributed by atoms with Gasteiger partial charge in [-0.05, 0) is 87.6 Å². The van der Waals surface area contributed by atoms with Crippen molar-refractivity contribution in [3.05, 3.63) is 81.4 Å². The highest BCUT2D eigenvalue weighted by Crippen LogP contribution is 2.38. The van der Waals surface area contributed by atoms with Gasteiger partial charge in [-0.15, -0.1) is 0 Å². The fourth-order valence-corrected chi connectivity index (χ4v) is 9.68. The highest BCUT2D eigenvalue weighted by molar-refractivity contribution is 6.36. The molecule has 1 saturated carbocycles. The number of carboxylic acid groups (broad SMARTS) is 1. The molecule has 4 aliphatic rings. The quantitative estimate of drug-likeness (QED) is 0.165. The Balaban J connectivity index is 0.921. The van der Waals surface area contributed by atoms with E-state index in [9.17, 15) is 19.5 Å². The van der Waals surface area contributed by atoms with E-state index >= 15 is 0 Å². The SMILES string of the molecule is Cc1c(NC(=O)c2nc3c(n2C)CCN(C2CCOCC2)C3)cccc1-c1cccc(NC(=O)c2nc3c(n2C)CCN(CCC2CCC(C(=O)O)CC2)C3)c1Cl. The van der Waals surface area contributed by atoms with E-state index in [4.69, 9.17) is 26.3 Å². The van der Waals surface area contributed by atoms with Gasteiger partial charge in [0.05, 0.1) is 28.0 Å². The van der Waals surface area contributed by atoms with Crippen molar-refractivity contribution in [2.24, 2.45) is 25.9 Å². The number of hydrogen-bond donors (Lipinski definition) is 3. The molecule has 8 rings (SSSR count). The van der Waals surface area contributed by atoms with Crippen LogP contribution in [0.5, 0.6) is 0 Å². The molecule has 2 aromatic heterocycles. The Morgan fingerprint density at radius 2 is 1.40 bits per heavy atom. The van der Waals surface area contributed by atoms with Crippen molar-refractivity contribution in [2.45, 2.75) is 83.8 Å². The van der Waals surface area contributed by atoms with Gasteiger partial charge in [-0.3, -0.25) is 24.2 Å². The zero-order chi connectivity index (χ0) is 39.8. The number of benzene rings is 2. The van der Waals surface area contributed by atoms with Crippen LogP contribution in [0.15, 0.2) is 36.4 Å². The van der Waals surface area contributed by atoms with Crippen LogP contribution in [0.2, 0.25) is 5.02 Å². The Kier molecular flexibility index (Phi) is 11.5. The van der Waals surface area contributed by atoms with E-state index in [1.807, 2.05) is 60.5 Å². The number of aliphatic carboxylic acids is 1. The number of nitrogens with one attached hydrogen (secondary N) is 2. The molecule has 4 aromatic rings. The summed E-state index contributed by atoms with van der Waals surface area (Å²) in [6.45, 7) is 7.74. The average molecular weight is 797 g/mol. The molecular formula is C43H53ClN8O5. The predicted octanol–water partition coefficient (Wildman–Crippen LogP) is 6.46. The third-order valence-corrected chi connectivity index (χ3v) is 13.3. The number of rotatable bonds is 10. The van der Waals surface area contributed by atoms with Gasteiger partial charge in [-0.25, -0.2) is 9.97 Å². The largest absolute Gasteiger partial charge is 0.481 e. The maximum absolute atomic E-state index is 13.7. The van der Waals surface area contributed by atoms with Crippen molar-refractivity contribution in [1.82, 2.24) is 28.9 Å². The monoisotopic (exact) mass is 796 g/mol. The van der Waals surface area contributed by atoms with Crippen molar-refractivity contribution < 1.29 is 24.2 Å². The highest BCUT2D eigenvalue weighted by Gasteiger charge is 2.31. The summed E-state index contributed by atoms with van der Waals surface area (Å²) < 4.78 is 9.39. The minimum atomic E-state index is -0.665. The molecule has 3 N–H and O–H groups in total. The van der Waals surface area contributed by atoms with Gasteiger partial charge in [0.2, 0.25) is 0 Å². The van der Waals surface area contributed by atoms with Crippen molar-refractivity contribution in [3.8, 4) is 11.1 Å². The molecular weight excluding hydrogens is 744 g/mol. The van der Waals surface area contributed by atoms with Crippen LogP contribution in [-0.2, 0) is 49.6 Å². The van der Waals surface area contributed by atoms with E-state index in [0.717, 1.165) is 137 Å². The normalized spacial score (nSPS) is 20.5. The molecule has 13 nitrogen and oxygen atoms in total. The highest BCUT2D eigenvalue weighted by atomic mass is 35.5. The van der Waals surface area contributed by atoms with Crippen molar-refractivity contribution in [1.29, 1.82) is 0 Å². The van der Waals surface area contributed by atoms with E-state index in [2.05, 4.69) is 20.4 Å². The standard InChI is InChI=1S/C43H53ClN8O5/c1-26-30(6-4-8-32(26)47-41(53)39-46-35-25-52(21-16-37(35)50(39)3)29-17-22-57-23-18-29)31-7-5-9-33(38(31)44)48-42(54)40-45-34-24-51(20-15-36(34)49(40)2)19-14-27-10-12-28(13-11-27)43(55)56/h4-9,27-29H,10-25H2,1-3H3,(H,47,53)(H,48,54)(H,55,56). The lowest BCUT2D eigenvalue weighted by Gasteiger charge is -2.36. The summed E-state index contributed by atoms with van der Waals surface area (Å²) in [5, 5.41) is 15.9. The molecule has 1 saturated heterocycles. The van der Waals surface area contributed by atoms with E-state index < -0.39 is 5.97 Å². The Morgan fingerprint density at radius 1 is 0.807 bits per heavy atom. The molecule has 0 radical (unpaired) electrons. The maximum atomic E-state index is 13.7. The number of hydrogen-bond acceptors (Lipinski definition) is 8. The topological polar surface area (TPSA) is 147 Å². The first-order valence-electron chi connectivity index (χ1n) is 20.4. The van der Waals surface area contributed by atoms with Crippen LogP contribution < -0.4 is 10.6 Å². The number of nitrogens with zero attached hydrogens (tertiary/aromatic N) is 6. The molecule has 57 heavy (non-hydrogen) atoms. The Morgan fingerprint density at radius 3 is 2.07 bits per heavy atom. The van der Waals surface area contributed by atoms with Crippen LogP contribution in [0.1, 0.15) is 94.5 Å². The first kappa shape index (κ1) is 39.3. The number of halogens is 1. The molecule has 0 atom stereocenters. The number of carboxylic acids is 1. The number of aromatic nitrogens is 4. The van der Waals surface area contributed by atoms with E-state index in [1.165, 1.54) is 0 Å². The molecule has 3 aliphatic heterocycles. The number of carbonyl (C=O) groups excluding carboxylic acids is 2. The van der Waals surface area contributed by atoms with Crippen molar-refractivity contribution >= 4 is 40.8 Å². The smallest absolute Gasteiger partial charge is 0.306 e. The van der Waals surface area contributed by atoms with Gasteiger partial charge in [0.1, 0.15) is 0 Å². The minimum Gasteiger partial charge on any atom is -0.481 e. The number of fused-ring (bicyclic) bond motifs is 2. The zero-order valence-corrected chi connectivity index (χ0v) is 33.9. The van der Waals surface area contributed by atoms with Crippen LogP contribution in [0.4, 0.5) is 11.4 Å². The number of anilines is 2. The van der Waals surface area contributed by atoms with Gasteiger partial charge < -0.3 is 29.6 Å². The van der Waals surface area contributed by atoms with Crippen LogP contribution in [0.3, 0.4) is 0 Å². The summed E-state index contributed by atoms with van der Waals surface area (Å²) >= 11 is 7.04. The first-order valence-corrected chi connectivity index (χ1v) is 20.8.